The van der Waals surface area contributed by atoms with Crippen molar-refractivity contribution in [1.29, 1.82) is 0 Å². The summed E-state index contributed by atoms with van der Waals surface area (Å²) in [7, 11) is -3.75. The molecule has 0 aliphatic carbocycles. The first kappa shape index (κ1) is 19.9. The van der Waals surface area contributed by atoms with Crippen LogP contribution < -0.4 is 4.90 Å². The normalized spacial score (nSPS) is 16.6. The molecule has 1 amide bonds. The Morgan fingerprint density at radius 2 is 1.85 bits per heavy atom. The van der Waals surface area contributed by atoms with Gasteiger partial charge in [-0.25, -0.2) is 8.42 Å². The van der Waals surface area contributed by atoms with Gasteiger partial charge >= 0.3 is 0 Å². The monoisotopic (exact) mass is 406 g/mol. The van der Waals surface area contributed by atoms with Gasteiger partial charge in [-0.3, -0.25) is 4.79 Å². The number of rotatable bonds is 5. The maximum atomic E-state index is 13.2. The van der Waals surface area contributed by atoms with Gasteiger partial charge in [0.25, 0.3) is 5.91 Å². The highest BCUT2D eigenvalue weighted by molar-refractivity contribution is 7.89. The number of benzene rings is 2. The Morgan fingerprint density at radius 3 is 2.52 bits per heavy atom. The van der Waals surface area contributed by atoms with Gasteiger partial charge in [0.1, 0.15) is 4.90 Å². The molecule has 2 aromatic rings. The van der Waals surface area contributed by atoms with E-state index in [1.165, 1.54) is 16.4 Å². The Morgan fingerprint density at radius 1 is 1.19 bits per heavy atom. The molecule has 0 bridgehead atoms. The number of hydrogen-bond donors (Lipinski definition) is 0. The van der Waals surface area contributed by atoms with E-state index in [4.69, 9.17) is 11.6 Å². The zero-order valence-corrected chi connectivity index (χ0v) is 17.2. The zero-order valence-electron chi connectivity index (χ0n) is 15.6. The SMILES string of the molecule is CCN(CC)S(=O)(=O)c1cc(C(=O)N2c3ccccc3CC2C)ccc1Cl. The van der Waals surface area contributed by atoms with Crippen LogP contribution in [0.5, 0.6) is 0 Å². The number of carbonyl (C=O) groups excluding carboxylic acids is 1. The average Bonchev–Trinajstić information content (AvgIpc) is 2.97. The van der Waals surface area contributed by atoms with E-state index in [-0.39, 0.29) is 21.9 Å². The van der Waals surface area contributed by atoms with Crippen LogP contribution in [-0.2, 0) is 16.4 Å². The van der Waals surface area contributed by atoms with Crippen molar-refractivity contribution in [3.8, 4) is 0 Å². The molecule has 1 aliphatic heterocycles. The molecule has 1 unspecified atom stereocenters. The molecule has 1 heterocycles. The van der Waals surface area contributed by atoms with Gasteiger partial charge in [0, 0.05) is 30.4 Å². The maximum Gasteiger partial charge on any atom is 0.258 e. The van der Waals surface area contributed by atoms with E-state index in [1.54, 1.807) is 24.8 Å². The summed E-state index contributed by atoms with van der Waals surface area (Å²) in [6.45, 7) is 6.20. The number of para-hydroxylation sites is 1. The van der Waals surface area contributed by atoms with Crippen molar-refractivity contribution in [2.24, 2.45) is 0 Å². The van der Waals surface area contributed by atoms with Gasteiger partial charge in [0.2, 0.25) is 10.0 Å². The molecule has 2 aromatic carbocycles. The van der Waals surface area contributed by atoms with Crippen molar-refractivity contribution in [3.05, 3.63) is 58.6 Å². The van der Waals surface area contributed by atoms with Gasteiger partial charge in [-0.15, -0.1) is 0 Å². The second kappa shape index (κ2) is 7.62. The summed E-state index contributed by atoms with van der Waals surface area (Å²) in [6.07, 6.45) is 0.778. The molecule has 3 rings (SSSR count). The van der Waals surface area contributed by atoms with Gasteiger partial charge < -0.3 is 4.90 Å². The Bertz CT molecular complexity index is 971. The molecule has 7 heteroatoms. The number of amides is 1. The van der Waals surface area contributed by atoms with Gasteiger partial charge in [-0.1, -0.05) is 43.6 Å². The summed E-state index contributed by atoms with van der Waals surface area (Å²) < 4.78 is 27.1. The summed E-state index contributed by atoms with van der Waals surface area (Å²) in [5.74, 6) is -0.222. The third kappa shape index (κ3) is 3.49. The number of anilines is 1. The lowest BCUT2D eigenvalue weighted by atomic mass is 10.1. The molecule has 0 spiro atoms. The van der Waals surface area contributed by atoms with E-state index >= 15 is 0 Å². The third-order valence-electron chi connectivity index (χ3n) is 4.93. The highest BCUT2D eigenvalue weighted by atomic mass is 35.5. The van der Waals surface area contributed by atoms with Crippen LogP contribution in [0.2, 0.25) is 5.02 Å². The number of nitrogens with zero attached hydrogens (tertiary/aromatic N) is 2. The smallest absolute Gasteiger partial charge is 0.258 e. The second-order valence-corrected chi connectivity index (χ2v) is 8.91. The molecule has 0 radical (unpaired) electrons. The van der Waals surface area contributed by atoms with E-state index in [9.17, 15) is 13.2 Å². The van der Waals surface area contributed by atoms with Crippen molar-refractivity contribution in [2.75, 3.05) is 18.0 Å². The predicted octanol–water partition coefficient (Wildman–Crippen LogP) is 3.96. The lowest BCUT2D eigenvalue weighted by Gasteiger charge is -2.24. The molecular weight excluding hydrogens is 384 g/mol. The summed E-state index contributed by atoms with van der Waals surface area (Å²) in [5, 5.41) is 0.119. The molecule has 5 nitrogen and oxygen atoms in total. The molecule has 1 aliphatic rings. The van der Waals surface area contributed by atoms with Crippen molar-refractivity contribution in [2.45, 2.75) is 38.1 Å². The number of halogens is 1. The summed E-state index contributed by atoms with van der Waals surface area (Å²) in [5.41, 5.74) is 2.30. The van der Waals surface area contributed by atoms with Crippen LogP contribution in [0.15, 0.2) is 47.4 Å². The Hall–Kier alpha value is -1.89. The van der Waals surface area contributed by atoms with Crippen LogP contribution in [0.3, 0.4) is 0 Å². The predicted molar refractivity (Wildman–Crippen MR) is 108 cm³/mol. The third-order valence-corrected chi connectivity index (χ3v) is 7.46. The highest BCUT2D eigenvalue weighted by Crippen LogP contribution is 2.34. The topological polar surface area (TPSA) is 57.7 Å². The number of fused-ring (bicyclic) bond motifs is 1. The molecule has 0 fully saturated rings. The van der Waals surface area contributed by atoms with Crippen LogP contribution in [0.4, 0.5) is 5.69 Å². The lowest BCUT2D eigenvalue weighted by Crippen LogP contribution is -2.36. The van der Waals surface area contributed by atoms with Gasteiger partial charge in [0.05, 0.1) is 5.02 Å². The quantitative estimate of drug-likeness (QED) is 0.755. The van der Waals surface area contributed by atoms with Crippen LogP contribution in [-0.4, -0.2) is 37.8 Å². The minimum absolute atomic E-state index is 0.00779. The molecular formula is C20H23ClN2O3S. The van der Waals surface area contributed by atoms with E-state index in [0.29, 0.717) is 18.7 Å². The standard InChI is InChI=1S/C20H23ClN2O3S/c1-4-22(5-2)27(25,26)19-13-16(10-11-17(19)21)20(24)23-14(3)12-15-8-6-7-9-18(15)23/h6-11,13-14H,4-5,12H2,1-3H3. The van der Waals surface area contributed by atoms with Crippen LogP contribution in [0.1, 0.15) is 36.7 Å². The maximum absolute atomic E-state index is 13.2. The van der Waals surface area contributed by atoms with Crippen LogP contribution in [0, 0.1) is 0 Å². The Balaban J connectivity index is 2.03. The highest BCUT2D eigenvalue weighted by Gasteiger charge is 2.32. The molecule has 0 saturated heterocycles. The molecule has 27 heavy (non-hydrogen) atoms. The summed E-state index contributed by atoms with van der Waals surface area (Å²) in [4.78, 5) is 14.9. The van der Waals surface area contributed by atoms with E-state index in [2.05, 4.69) is 0 Å². The van der Waals surface area contributed by atoms with Gasteiger partial charge in [-0.2, -0.15) is 4.31 Å². The minimum atomic E-state index is -3.75. The number of carbonyl (C=O) groups is 1. The molecule has 0 saturated carbocycles. The lowest BCUT2D eigenvalue weighted by molar-refractivity contribution is 0.0981. The molecule has 1 atom stereocenters. The number of sulfonamides is 1. The first-order valence-corrected chi connectivity index (χ1v) is 10.8. The molecule has 0 aromatic heterocycles. The van der Waals surface area contributed by atoms with E-state index in [0.717, 1.165) is 17.7 Å². The van der Waals surface area contributed by atoms with Gasteiger partial charge in [-0.05, 0) is 43.2 Å². The average molecular weight is 407 g/mol. The fourth-order valence-corrected chi connectivity index (χ4v) is 5.51. The summed E-state index contributed by atoms with van der Waals surface area (Å²) >= 11 is 6.18. The summed E-state index contributed by atoms with van der Waals surface area (Å²) in [6, 6.07) is 12.3. The first-order chi connectivity index (χ1) is 12.8. The largest absolute Gasteiger partial charge is 0.305 e. The second-order valence-electron chi connectivity index (χ2n) is 6.59. The van der Waals surface area contributed by atoms with Crippen molar-refractivity contribution in [1.82, 2.24) is 4.31 Å². The Labute approximate surface area is 165 Å². The van der Waals surface area contributed by atoms with E-state index < -0.39 is 10.0 Å². The first-order valence-electron chi connectivity index (χ1n) is 9.02. The number of hydrogen-bond acceptors (Lipinski definition) is 3. The van der Waals surface area contributed by atoms with Crippen LogP contribution >= 0.6 is 11.6 Å². The van der Waals surface area contributed by atoms with E-state index in [1.807, 2.05) is 31.2 Å². The Kier molecular flexibility index (Phi) is 5.60. The fraction of sp³-hybridized carbons (Fsp3) is 0.350. The van der Waals surface area contributed by atoms with Crippen molar-refractivity contribution >= 4 is 33.2 Å². The fourth-order valence-electron chi connectivity index (χ4n) is 3.55. The van der Waals surface area contributed by atoms with Crippen LogP contribution in [0.25, 0.3) is 0 Å². The van der Waals surface area contributed by atoms with Crippen molar-refractivity contribution < 1.29 is 13.2 Å². The zero-order chi connectivity index (χ0) is 19.8. The van der Waals surface area contributed by atoms with Crippen molar-refractivity contribution in [3.63, 3.8) is 0 Å². The minimum Gasteiger partial charge on any atom is -0.305 e. The molecule has 144 valence electrons. The molecule has 0 N–H and O–H groups in total. The van der Waals surface area contributed by atoms with Gasteiger partial charge in [0.15, 0.2) is 0 Å².